The summed E-state index contributed by atoms with van der Waals surface area (Å²) in [5.74, 6) is -0.336. The second kappa shape index (κ2) is 6.49. The topological polar surface area (TPSA) is 40.6 Å². The third-order valence-electron chi connectivity index (χ3n) is 4.07. The number of carbonyl (C=O) groups excluding carboxylic acids is 2. The fourth-order valence-electron chi connectivity index (χ4n) is 2.76. The van der Waals surface area contributed by atoms with Crippen molar-refractivity contribution in [2.75, 3.05) is 13.6 Å². The van der Waals surface area contributed by atoms with Gasteiger partial charge in [0.05, 0.1) is 0 Å². The van der Waals surface area contributed by atoms with Crippen molar-refractivity contribution in [2.45, 2.75) is 6.54 Å². The first-order chi connectivity index (χ1) is 11.5. The molecule has 5 heteroatoms. The summed E-state index contributed by atoms with van der Waals surface area (Å²) in [4.78, 5) is 27.9. The van der Waals surface area contributed by atoms with E-state index < -0.39 is 0 Å². The van der Waals surface area contributed by atoms with Crippen LogP contribution in [0.2, 0.25) is 5.02 Å². The average molecular weight is 341 g/mol. The minimum atomic E-state index is -0.180. The quantitative estimate of drug-likeness (QED) is 0.855. The van der Waals surface area contributed by atoms with E-state index in [-0.39, 0.29) is 18.4 Å². The van der Waals surface area contributed by atoms with E-state index in [1.54, 1.807) is 30.1 Å². The largest absolute Gasteiger partial charge is 0.340 e. The molecule has 0 aromatic heterocycles. The van der Waals surface area contributed by atoms with Gasteiger partial charge in [-0.15, -0.1) is 0 Å². The summed E-state index contributed by atoms with van der Waals surface area (Å²) in [6.45, 7) is 4.36. The number of amides is 2. The molecule has 0 saturated heterocycles. The van der Waals surface area contributed by atoms with E-state index in [2.05, 4.69) is 6.58 Å². The minimum absolute atomic E-state index is 0.0244. The number of rotatable bonds is 4. The maximum Gasteiger partial charge on any atom is 0.259 e. The normalized spacial score (nSPS) is 13.2. The molecule has 24 heavy (non-hydrogen) atoms. The molecular weight excluding hydrogens is 324 g/mol. The van der Waals surface area contributed by atoms with E-state index in [1.165, 1.54) is 4.90 Å². The molecule has 122 valence electrons. The highest BCUT2D eigenvalue weighted by Gasteiger charge is 2.32. The molecule has 1 aliphatic rings. The van der Waals surface area contributed by atoms with Crippen LogP contribution in [0.1, 0.15) is 21.5 Å². The molecule has 3 rings (SSSR count). The van der Waals surface area contributed by atoms with E-state index in [9.17, 15) is 9.59 Å². The van der Waals surface area contributed by atoms with Gasteiger partial charge in [-0.3, -0.25) is 14.5 Å². The Kier molecular flexibility index (Phi) is 4.40. The molecule has 2 aromatic carbocycles. The highest BCUT2D eigenvalue weighted by Crippen LogP contribution is 2.30. The van der Waals surface area contributed by atoms with Crippen LogP contribution in [0.15, 0.2) is 55.1 Å². The molecule has 0 unspecified atom stereocenters. The number of likely N-dealkylation sites (N-methyl/N-ethyl adjacent to an activating group) is 1. The lowest BCUT2D eigenvalue weighted by atomic mass is 10.1. The maximum atomic E-state index is 12.5. The first kappa shape index (κ1) is 16.3. The van der Waals surface area contributed by atoms with Crippen LogP contribution in [-0.2, 0) is 11.3 Å². The number of nitrogens with zero attached hydrogens (tertiary/aromatic N) is 2. The highest BCUT2D eigenvalue weighted by molar-refractivity contribution is 6.30. The summed E-state index contributed by atoms with van der Waals surface area (Å²) in [6, 6.07) is 14.6. The van der Waals surface area contributed by atoms with Gasteiger partial charge in [0.25, 0.3) is 5.91 Å². The fourth-order valence-corrected chi connectivity index (χ4v) is 2.97. The van der Waals surface area contributed by atoms with Gasteiger partial charge in [0, 0.05) is 35.4 Å². The highest BCUT2D eigenvalue weighted by atomic mass is 35.5. The Labute approximate surface area is 145 Å². The Balaban J connectivity index is 1.69. The van der Waals surface area contributed by atoms with Crippen molar-refractivity contribution in [3.63, 3.8) is 0 Å². The van der Waals surface area contributed by atoms with Crippen LogP contribution in [0.25, 0.3) is 5.70 Å². The van der Waals surface area contributed by atoms with Crippen molar-refractivity contribution >= 4 is 29.1 Å². The van der Waals surface area contributed by atoms with E-state index in [4.69, 9.17) is 11.6 Å². The molecule has 1 heterocycles. The minimum Gasteiger partial charge on any atom is -0.340 e. The van der Waals surface area contributed by atoms with Gasteiger partial charge in [-0.05, 0) is 23.8 Å². The van der Waals surface area contributed by atoms with Crippen LogP contribution in [-0.4, -0.2) is 35.2 Å². The summed E-state index contributed by atoms with van der Waals surface area (Å²) in [5.41, 5.74) is 2.88. The third kappa shape index (κ3) is 3.05. The van der Waals surface area contributed by atoms with E-state index in [0.717, 1.165) is 11.1 Å². The van der Waals surface area contributed by atoms with Crippen LogP contribution >= 0.6 is 11.6 Å². The van der Waals surface area contributed by atoms with Crippen molar-refractivity contribution in [2.24, 2.45) is 0 Å². The molecule has 0 saturated carbocycles. The molecule has 2 aromatic rings. The zero-order valence-electron chi connectivity index (χ0n) is 13.3. The lowest BCUT2D eigenvalue weighted by Gasteiger charge is -2.22. The predicted octanol–water partition coefficient (Wildman–Crippen LogP) is 3.43. The van der Waals surface area contributed by atoms with Gasteiger partial charge in [0.2, 0.25) is 5.91 Å². The summed E-state index contributed by atoms with van der Waals surface area (Å²) in [7, 11) is 1.71. The number of carbonyl (C=O) groups is 2. The van der Waals surface area contributed by atoms with Crippen molar-refractivity contribution < 1.29 is 9.59 Å². The van der Waals surface area contributed by atoms with Crippen molar-refractivity contribution in [3.8, 4) is 0 Å². The Hall–Kier alpha value is -2.59. The number of fused-ring (bicyclic) bond motifs is 1. The van der Waals surface area contributed by atoms with E-state index in [1.807, 2.05) is 30.3 Å². The molecule has 0 N–H and O–H groups in total. The van der Waals surface area contributed by atoms with Crippen LogP contribution < -0.4 is 0 Å². The fraction of sp³-hybridized carbons (Fsp3) is 0.158. The molecular formula is C19H17ClN2O2. The Bertz CT molecular complexity index is 797. The summed E-state index contributed by atoms with van der Waals surface area (Å²) >= 11 is 5.97. The van der Waals surface area contributed by atoms with Crippen molar-refractivity contribution in [1.29, 1.82) is 0 Å². The van der Waals surface area contributed by atoms with Crippen molar-refractivity contribution in [1.82, 2.24) is 9.80 Å². The summed E-state index contributed by atoms with van der Waals surface area (Å²) in [5, 5.41) is 0.631. The third-order valence-corrected chi connectivity index (χ3v) is 4.30. The summed E-state index contributed by atoms with van der Waals surface area (Å²) < 4.78 is 0. The molecule has 0 spiro atoms. The Morgan fingerprint density at radius 2 is 1.88 bits per heavy atom. The van der Waals surface area contributed by atoms with E-state index in [0.29, 0.717) is 22.8 Å². The molecule has 1 aliphatic heterocycles. The van der Waals surface area contributed by atoms with Gasteiger partial charge >= 0.3 is 0 Å². The molecule has 0 aliphatic carbocycles. The molecule has 0 bridgehead atoms. The Morgan fingerprint density at radius 1 is 1.17 bits per heavy atom. The maximum absolute atomic E-state index is 12.5. The zero-order valence-corrected chi connectivity index (χ0v) is 14.1. The van der Waals surface area contributed by atoms with E-state index >= 15 is 0 Å². The average Bonchev–Trinajstić information content (AvgIpc) is 2.80. The van der Waals surface area contributed by atoms with Gasteiger partial charge in [-0.1, -0.05) is 48.5 Å². The van der Waals surface area contributed by atoms with Gasteiger partial charge in [-0.2, -0.15) is 0 Å². The monoisotopic (exact) mass is 340 g/mol. The van der Waals surface area contributed by atoms with Gasteiger partial charge < -0.3 is 4.90 Å². The molecule has 4 nitrogen and oxygen atoms in total. The van der Waals surface area contributed by atoms with Gasteiger partial charge in [0.15, 0.2) is 0 Å². The first-order valence-electron chi connectivity index (χ1n) is 7.56. The first-order valence-corrected chi connectivity index (χ1v) is 7.94. The smallest absolute Gasteiger partial charge is 0.259 e. The molecule has 0 atom stereocenters. The predicted molar refractivity (Wildman–Crippen MR) is 94.4 cm³/mol. The van der Waals surface area contributed by atoms with Gasteiger partial charge in [0.1, 0.15) is 6.54 Å². The standard InChI is InChI=1S/C19H17ClN2O2/c1-13-16-8-3-4-9-17(16)19(24)22(13)12-18(23)21(2)11-14-6-5-7-15(20)10-14/h3-10H,1,11-12H2,2H3. The second-order valence-corrected chi connectivity index (χ2v) is 6.20. The zero-order chi connectivity index (χ0) is 17.3. The number of hydrogen-bond donors (Lipinski definition) is 0. The number of benzene rings is 2. The number of halogens is 1. The molecule has 0 radical (unpaired) electrons. The van der Waals surface area contributed by atoms with Crippen LogP contribution in [0.4, 0.5) is 0 Å². The number of hydrogen-bond acceptors (Lipinski definition) is 2. The van der Waals surface area contributed by atoms with Gasteiger partial charge in [-0.25, -0.2) is 0 Å². The lowest BCUT2D eigenvalue weighted by Crippen LogP contribution is -2.37. The Morgan fingerprint density at radius 3 is 2.54 bits per heavy atom. The van der Waals surface area contributed by atoms with Crippen molar-refractivity contribution in [3.05, 3.63) is 76.8 Å². The lowest BCUT2D eigenvalue weighted by molar-refractivity contribution is -0.130. The molecule has 0 fully saturated rings. The van der Waals surface area contributed by atoms with Crippen LogP contribution in [0, 0.1) is 0 Å². The summed E-state index contributed by atoms with van der Waals surface area (Å²) in [6.07, 6.45) is 0. The van der Waals surface area contributed by atoms with Crippen LogP contribution in [0.5, 0.6) is 0 Å². The van der Waals surface area contributed by atoms with Crippen LogP contribution in [0.3, 0.4) is 0 Å². The second-order valence-electron chi connectivity index (χ2n) is 5.76. The SMILES string of the molecule is C=C1c2ccccc2C(=O)N1CC(=O)N(C)Cc1cccc(Cl)c1. The molecule has 2 amide bonds.